The Kier molecular flexibility index (Phi) is 8.68. The molecule has 0 heterocycles. The SMILES string of the molecule is CC(=O)SC(CC(O[SiH](c1ccccc1)c1ccccc1)C(=O)O)CC(C)(C)C. The van der Waals surface area contributed by atoms with Crippen LogP contribution in [0, 0.1) is 5.41 Å². The molecule has 2 aromatic rings. The second-order valence-electron chi connectivity index (χ2n) is 8.40. The lowest BCUT2D eigenvalue weighted by Gasteiger charge is -2.29. The van der Waals surface area contributed by atoms with Crippen molar-refractivity contribution in [3.8, 4) is 0 Å². The predicted molar refractivity (Wildman–Crippen MR) is 123 cm³/mol. The maximum atomic E-state index is 12.1. The molecular formula is C23H30O4SSi. The molecule has 156 valence electrons. The Morgan fingerprint density at radius 3 is 1.86 bits per heavy atom. The Hall–Kier alpha value is -1.89. The fraction of sp³-hybridized carbons (Fsp3) is 0.391. The zero-order valence-corrected chi connectivity index (χ0v) is 19.5. The minimum absolute atomic E-state index is 0.00306. The minimum Gasteiger partial charge on any atom is -0.479 e. The molecule has 0 aliphatic heterocycles. The predicted octanol–water partition coefficient (Wildman–Crippen LogP) is 3.47. The molecule has 0 fully saturated rings. The van der Waals surface area contributed by atoms with E-state index in [9.17, 15) is 14.7 Å². The molecule has 2 unspecified atom stereocenters. The van der Waals surface area contributed by atoms with Crippen molar-refractivity contribution < 1.29 is 19.1 Å². The summed E-state index contributed by atoms with van der Waals surface area (Å²) in [5.41, 5.74) is -0.00808. The van der Waals surface area contributed by atoms with E-state index < -0.39 is 21.1 Å². The van der Waals surface area contributed by atoms with Gasteiger partial charge in [-0.1, -0.05) is 93.2 Å². The average molecular weight is 431 g/mol. The fourth-order valence-electron chi connectivity index (χ4n) is 3.31. The van der Waals surface area contributed by atoms with E-state index in [0.29, 0.717) is 6.42 Å². The van der Waals surface area contributed by atoms with Gasteiger partial charge in [0.05, 0.1) is 0 Å². The molecule has 0 saturated heterocycles. The Morgan fingerprint density at radius 2 is 1.48 bits per heavy atom. The van der Waals surface area contributed by atoms with Gasteiger partial charge in [-0.25, -0.2) is 4.79 Å². The molecule has 2 atom stereocenters. The molecule has 1 N–H and O–H groups in total. The van der Waals surface area contributed by atoms with Crippen molar-refractivity contribution in [3.05, 3.63) is 60.7 Å². The minimum atomic E-state index is -2.19. The van der Waals surface area contributed by atoms with Crippen LogP contribution in [-0.4, -0.2) is 36.6 Å². The maximum Gasteiger partial charge on any atom is 0.331 e. The monoisotopic (exact) mass is 430 g/mol. The second kappa shape index (κ2) is 10.8. The summed E-state index contributed by atoms with van der Waals surface area (Å²) in [6.45, 7) is 7.83. The largest absolute Gasteiger partial charge is 0.479 e. The fourth-order valence-corrected chi connectivity index (χ4v) is 7.04. The van der Waals surface area contributed by atoms with Crippen LogP contribution in [0.2, 0.25) is 0 Å². The van der Waals surface area contributed by atoms with Crippen LogP contribution in [0.15, 0.2) is 60.7 Å². The molecule has 6 heteroatoms. The molecule has 0 spiro atoms. The van der Waals surface area contributed by atoms with Gasteiger partial charge in [-0.15, -0.1) is 0 Å². The number of rotatable bonds is 9. The number of benzene rings is 2. The van der Waals surface area contributed by atoms with Gasteiger partial charge in [-0.05, 0) is 28.6 Å². The van der Waals surface area contributed by atoms with E-state index in [1.807, 2.05) is 60.7 Å². The Morgan fingerprint density at radius 1 is 1.00 bits per heavy atom. The van der Waals surface area contributed by atoms with Gasteiger partial charge in [-0.3, -0.25) is 4.79 Å². The van der Waals surface area contributed by atoms with E-state index in [2.05, 4.69) is 20.8 Å². The summed E-state index contributed by atoms with van der Waals surface area (Å²) in [6.07, 6.45) is 0.0964. The third-order valence-electron chi connectivity index (χ3n) is 4.43. The lowest BCUT2D eigenvalue weighted by atomic mass is 9.89. The van der Waals surface area contributed by atoms with Crippen LogP contribution >= 0.6 is 11.8 Å². The Bertz CT molecular complexity index is 750. The number of carbonyl (C=O) groups is 2. The highest BCUT2D eigenvalue weighted by atomic mass is 32.2. The van der Waals surface area contributed by atoms with Crippen LogP contribution in [-0.2, 0) is 14.0 Å². The molecule has 0 aromatic heterocycles. The molecule has 0 amide bonds. The van der Waals surface area contributed by atoms with Crippen molar-refractivity contribution in [1.82, 2.24) is 0 Å². The van der Waals surface area contributed by atoms with E-state index in [4.69, 9.17) is 4.43 Å². The number of aliphatic carboxylic acids is 1. The van der Waals surface area contributed by atoms with E-state index in [1.165, 1.54) is 18.7 Å². The summed E-state index contributed by atoms with van der Waals surface area (Å²) in [5.74, 6) is -0.975. The number of hydrogen-bond acceptors (Lipinski definition) is 4. The van der Waals surface area contributed by atoms with Gasteiger partial charge < -0.3 is 9.53 Å². The standard InChI is InChI=1S/C23H30O4SSi/c1-17(24)28-18(16-23(2,3)4)15-21(22(25)26)27-29(19-11-7-5-8-12-19)20-13-9-6-10-14-20/h5-14,18,21,29H,15-16H2,1-4H3,(H,25,26). The van der Waals surface area contributed by atoms with Gasteiger partial charge in [-0.2, -0.15) is 0 Å². The van der Waals surface area contributed by atoms with E-state index in [1.54, 1.807) is 0 Å². The smallest absolute Gasteiger partial charge is 0.331 e. The van der Waals surface area contributed by atoms with Gasteiger partial charge >= 0.3 is 5.97 Å². The quantitative estimate of drug-likeness (QED) is 0.617. The lowest BCUT2D eigenvalue weighted by molar-refractivity contribution is -0.145. The third-order valence-corrected chi connectivity index (χ3v) is 8.04. The van der Waals surface area contributed by atoms with Gasteiger partial charge in [0.25, 0.3) is 0 Å². The van der Waals surface area contributed by atoms with Crippen LogP contribution in [0.5, 0.6) is 0 Å². The molecule has 0 aliphatic carbocycles. The first-order chi connectivity index (χ1) is 13.7. The maximum absolute atomic E-state index is 12.1. The molecule has 0 radical (unpaired) electrons. The summed E-state index contributed by atoms with van der Waals surface area (Å²) in [6, 6.07) is 19.7. The first-order valence-corrected chi connectivity index (χ1v) is 12.3. The molecule has 0 aliphatic rings. The van der Waals surface area contributed by atoms with Gasteiger partial charge in [0.15, 0.2) is 5.12 Å². The summed E-state index contributed by atoms with van der Waals surface area (Å²) in [4.78, 5) is 23.8. The zero-order valence-electron chi connectivity index (χ0n) is 17.5. The number of carboxylic acids is 1. The summed E-state index contributed by atoms with van der Waals surface area (Å²) in [7, 11) is -2.19. The van der Waals surface area contributed by atoms with Crippen molar-refractivity contribution in [1.29, 1.82) is 0 Å². The molecule has 2 rings (SSSR count). The first-order valence-electron chi connectivity index (χ1n) is 9.81. The molecular weight excluding hydrogens is 400 g/mol. The zero-order chi connectivity index (χ0) is 21.4. The van der Waals surface area contributed by atoms with Crippen LogP contribution in [0.4, 0.5) is 0 Å². The molecule has 0 bridgehead atoms. The highest BCUT2D eigenvalue weighted by molar-refractivity contribution is 8.14. The van der Waals surface area contributed by atoms with Crippen LogP contribution in [0.25, 0.3) is 0 Å². The van der Waals surface area contributed by atoms with Crippen molar-refractivity contribution >= 4 is 42.3 Å². The molecule has 2 aromatic carbocycles. The van der Waals surface area contributed by atoms with Crippen LogP contribution in [0.1, 0.15) is 40.5 Å². The Labute approximate surface area is 179 Å². The highest BCUT2D eigenvalue weighted by Gasteiger charge is 2.31. The average Bonchev–Trinajstić information content (AvgIpc) is 2.64. The third kappa shape index (κ3) is 8.16. The molecule has 4 nitrogen and oxygen atoms in total. The van der Waals surface area contributed by atoms with Crippen molar-refractivity contribution in [3.63, 3.8) is 0 Å². The van der Waals surface area contributed by atoms with E-state index in [0.717, 1.165) is 16.8 Å². The Balaban J connectivity index is 2.29. The topological polar surface area (TPSA) is 63.6 Å². The van der Waals surface area contributed by atoms with Crippen LogP contribution in [0.3, 0.4) is 0 Å². The lowest BCUT2D eigenvalue weighted by Crippen LogP contribution is -2.49. The number of carbonyl (C=O) groups excluding carboxylic acids is 1. The summed E-state index contributed by atoms with van der Waals surface area (Å²) < 4.78 is 6.33. The normalized spacial score (nSPS) is 13.8. The second-order valence-corrected chi connectivity index (χ2v) is 12.2. The van der Waals surface area contributed by atoms with Gasteiger partial charge in [0, 0.05) is 12.2 Å². The first kappa shape index (κ1) is 23.4. The number of thioether (sulfide) groups is 1. The van der Waals surface area contributed by atoms with E-state index in [-0.39, 0.29) is 15.8 Å². The van der Waals surface area contributed by atoms with Crippen molar-refractivity contribution in [2.75, 3.05) is 0 Å². The summed E-state index contributed by atoms with van der Waals surface area (Å²) >= 11 is 1.22. The van der Waals surface area contributed by atoms with E-state index >= 15 is 0 Å². The number of carboxylic acid groups (broad SMARTS) is 1. The molecule has 29 heavy (non-hydrogen) atoms. The van der Waals surface area contributed by atoms with Gasteiger partial charge in [0.1, 0.15) is 6.10 Å². The van der Waals surface area contributed by atoms with Crippen molar-refractivity contribution in [2.24, 2.45) is 5.41 Å². The summed E-state index contributed by atoms with van der Waals surface area (Å²) in [5, 5.41) is 11.9. The highest BCUT2D eigenvalue weighted by Crippen LogP contribution is 2.31. The van der Waals surface area contributed by atoms with Crippen LogP contribution < -0.4 is 10.4 Å². The molecule has 0 saturated carbocycles. The number of hydrogen-bond donors (Lipinski definition) is 1. The van der Waals surface area contributed by atoms with Crippen molar-refractivity contribution in [2.45, 2.75) is 51.9 Å². The van der Waals surface area contributed by atoms with Gasteiger partial charge in [0.2, 0.25) is 9.04 Å².